The third kappa shape index (κ3) is 3.59. The largest absolute Gasteiger partial charge is 0.206 e. The normalized spacial score (nSPS) is 15.8. The summed E-state index contributed by atoms with van der Waals surface area (Å²) in [5, 5.41) is 17.7. The Bertz CT molecular complexity index is 1300. The van der Waals surface area contributed by atoms with Gasteiger partial charge in [-0.3, -0.25) is 0 Å². The molecule has 1 aliphatic rings. The zero-order valence-electron chi connectivity index (χ0n) is 15.7. The summed E-state index contributed by atoms with van der Waals surface area (Å²) in [5.74, 6) is -24.3. The highest BCUT2D eigenvalue weighted by Gasteiger charge is 2.34. The highest BCUT2D eigenvalue weighted by molar-refractivity contribution is 6.47. The number of halogens is 10. The van der Waals surface area contributed by atoms with E-state index < -0.39 is 91.9 Å². The molecule has 0 radical (unpaired) electrons. The van der Waals surface area contributed by atoms with Gasteiger partial charge in [-0.1, -0.05) is 0 Å². The van der Waals surface area contributed by atoms with Crippen LogP contribution in [0.1, 0.15) is 11.1 Å². The lowest BCUT2D eigenvalue weighted by Crippen LogP contribution is -2.18. The molecule has 0 aliphatic heterocycles. The highest BCUT2D eigenvalue weighted by Crippen LogP contribution is 2.36. The zero-order chi connectivity index (χ0) is 25.5. The van der Waals surface area contributed by atoms with Gasteiger partial charge >= 0.3 is 0 Å². The monoisotopic (exact) mass is 488 g/mol. The van der Waals surface area contributed by atoms with Gasteiger partial charge in [-0.25, -0.2) is 43.9 Å². The van der Waals surface area contributed by atoms with E-state index in [0.29, 0.717) is 12.2 Å². The lowest BCUT2D eigenvalue weighted by atomic mass is 9.86. The molecular weight excluding hydrogens is 486 g/mol. The molecule has 1 aliphatic carbocycles. The molecule has 0 amide bonds. The fraction of sp³-hybridized carbons (Fsp3) is 0. The first-order chi connectivity index (χ1) is 16.0. The van der Waals surface area contributed by atoms with Crippen LogP contribution in [-0.4, -0.2) is 11.4 Å². The molecule has 0 fully saturated rings. The van der Waals surface area contributed by atoms with Crippen molar-refractivity contribution < 1.29 is 43.9 Å². The van der Waals surface area contributed by atoms with Crippen molar-refractivity contribution in [3.63, 3.8) is 0 Å². The zero-order valence-corrected chi connectivity index (χ0v) is 15.7. The minimum Gasteiger partial charge on any atom is -0.203 e. The molecule has 172 valence electrons. The average molecular weight is 488 g/mol. The minimum atomic E-state index is -2.53. The summed E-state index contributed by atoms with van der Waals surface area (Å²) in [6.07, 6.45) is 2.83. The Morgan fingerprint density at radius 1 is 0.441 bits per heavy atom. The maximum atomic E-state index is 14.3. The third-order valence-corrected chi connectivity index (χ3v) is 4.41. The van der Waals surface area contributed by atoms with Crippen molar-refractivity contribution in [3.8, 4) is 12.4 Å². The Hall–Kier alpha value is -4.46. The van der Waals surface area contributed by atoms with Crippen LogP contribution in [0.5, 0.6) is 0 Å². The Kier molecular flexibility index (Phi) is 6.27. The van der Waals surface area contributed by atoms with E-state index in [0.717, 1.165) is 12.4 Å². The van der Waals surface area contributed by atoms with Crippen LogP contribution in [0.15, 0.2) is 22.1 Å². The summed E-state index contributed by atoms with van der Waals surface area (Å²) in [6, 6.07) is 0. The van der Waals surface area contributed by atoms with Crippen molar-refractivity contribution in [1.29, 1.82) is 10.5 Å². The molecule has 0 heterocycles. The van der Waals surface area contributed by atoms with Crippen molar-refractivity contribution in [2.24, 2.45) is 9.98 Å². The van der Waals surface area contributed by atoms with Crippen LogP contribution in [0.25, 0.3) is 11.1 Å². The molecule has 34 heavy (non-hydrogen) atoms. The lowest BCUT2D eigenvalue weighted by molar-refractivity contribution is 0.376. The van der Waals surface area contributed by atoms with Crippen LogP contribution < -0.4 is 0 Å². The number of nitriles is 2. The van der Waals surface area contributed by atoms with E-state index in [1.807, 2.05) is 0 Å². The molecule has 0 atom stereocenters. The van der Waals surface area contributed by atoms with Gasteiger partial charge in [0.25, 0.3) is 0 Å². The summed E-state index contributed by atoms with van der Waals surface area (Å²) in [5.41, 5.74) is -7.50. The molecule has 14 heteroatoms. The van der Waals surface area contributed by atoms with Crippen molar-refractivity contribution in [1.82, 2.24) is 0 Å². The summed E-state index contributed by atoms with van der Waals surface area (Å²) < 4.78 is 139. The van der Waals surface area contributed by atoms with Crippen LogP contribution in [0.3, 0.4) is 0 Å². The molecule has 2 aromatic carbocycles. The van der Waals surface area contributed by atoms with Gasteiger partial charge in [0.1, 0.15) is 0 Å². The first kappa shape index (κ1) is 24.2. The Balaban J connectivity index is 2.42. The van der Waals surface area contributed by atoms with Gasteiger partial charge < -0.3 is 0 Å². The second kappa shape index (κ2) is 8.82. The fourth-order valence-corrected chi connectivity index (χ4v) is 2.95. The molecule has 0 N–H and O–H groups in total. The van der Waals surface area contributed by atoms with Crippen molar-refractivity contribution in [2.45, 2.75) is 0 Å². The summed E-state index contributed by atoms with van der Waals surface area (Å²) in [7, 11) is 0. The van der Waals surface area contributed by atoms with Crippen LogP contribution in [0, 0.1) is 81.1 Å². The first-order valence-electron chi connectivity index (χ1n) is 8.39. The predicted molar refractivity (Wildman–Crippen MR) is 94.5 cm³/mol. The van der Waals surface area contributed by atoms with Gasteiger partial charge in [-0.05, 0) is 12.2 Å². The molecule has 3 rings (SSSR count). The molecule has 0 spiro atoms. The van der Waals surface area contributed by atoms with Gasteiger partial charge in [0, 0.05) is 11.1 Å². The van der Waals surface area contributed by atoms with Gasteiger partial charge in [-0.2, -0.15) is 20.5 Å². The SMILES string of the molecule is N#CN=C1C=C(c2c(F)c(F)c(F)c(F)c2F)C(=NC#N)C=C1c1c(F)c(F)c(F)c(F)c1F. The van der Waals surface area contributed by atoms with E-state index >= 15 is 0 Å². The van der Waals surface area contributed by atoms with Crippen LogP contribution in [0.2, 0.25) is 0 Å². The molecule has 0 aromatic heterocycles. The number of nitrogens with zero attached hydrogens (tertiary/aromatic N) is 4. The van der Waals surface area contributed by atoms with E-state index in [-0.39, 0.29) is 0 Å². The van der Waals surface area contributed by atoms with Gasteiger partial charge in [0.15, 0.2) is 46.5 Å². The Morgan fingerprint density at radius 2 is 0.676 bits per heavy atom. The number of benzene rings is 2. The molecule has 0 saturated heterocycles. The Labute approximate surface area is 181 Å². The van der Waals surface area contributed by atoms with Crippen LogP contribution >= 0.6 is 0 Å². The minimum absolute atomic E-state index is 0.324. The number of rotatable bonds is 2. The van der Waals surface area contributed by atoms with Crippen molar-refractivity contribution in [2.75, 3.05) is 0 Å². The van der Waals surface area contributed by atoms with E-state index in [9.17, 15) is 43.9 Å². The maximum Gasteiger partial charge on any atom is 0.206 e. The molecule has 0 saturated carbocycles. The highest BCUT2D eigenvalue weighted by atomic mass is 19.2. The van der Waals surface area contributed by atoms with E-state index in [4.69, 9.17) is 10.5 Å². The molecule has 4 nitrogen and oxygen atoms in total. The fourth-order valence-electron chi connectivity index (χ4n) is 2.95. The van der Waals surface area contributed by atoms with Gasteiger partial charge in [0.2, 0.25) is 24.0 Å². The number of hydrogen-bond acceptors (Lipinski definition) is 4. The maximum absolute atomic E-state index is 14.3. The van der Waals surface area contributed by atoms with Gasteiger partial charge in [-0.15, -0.1) is 0 Å². The second-order valence-corrected chi connectivity index (χ2v) is 6.20. The summed E-state index contributed by atoms with van der Waals surface area (Å²) >= 11 is 0. The smallest absolute Gasteiger partial charge is 0.203 e. The lowest BCUT2D eigenvalue weighted by Gasteiger charge is -2.19. The first-order valence-corrected chi connectivity index (χ1v) is 8.39. The third-order valence-electron chi connectivity index (χ3n) is 4.41. The number of allylic oxidation sites excluding steroid dienone is 4. The van der Waals surface area contributed by atoms with Crippen molar-refractivity contribution >= 4 is 22.6 Å². The molecular formula is C20H2F10N4. The van der Waals surface area contributed by atoms with Gasteiger partial charge in [0.05, 0.1) is 22.6 Å². The van der Waals surface area contributed by atoms with Crippen LogP contribution in [0.4, 0.5) is 43.9 Å². The van der Waals surface area contributed by atoms with Crippen molar-refractivity contribution in [3.05, 3.63) is 81.5 Å². The number of aliphatic imine (C=N–C) groups is 2. The summed E-state index contributed by atoms with van der Waals surface area (Å²) in [4.78, 5) is 6.12. The standard InChI is InChI=1S/C20H2F10N4/c21-11-9(12(22)16(26)19(29)15(11)25)5-1-7(33-3-31)6(2-8(5)34-4-32)10-13(23)17(27)20(30)18(28)14(10)24/h1-2H. The topological polar surface area (TPSA) is 72.3 Å². The van der Waals surface area contributed by atoms with E-state index in [1.165, 1.54) is 0 Å². The molecule has 2 aromatic rings. The Morgan fingerprint density at radius 3 is 0.912 bits per heavy atom. The molecule has 0 bridgehead atoms. The quantitative estimate of drug-likeness (QED) is 0.187. The average Bonchev–Trinajstić information content (AvgIpc) is 2.81. The van der Waals surface area contributed by atoms with E-state index in [1.54, 1.807) is 0 Å². The number of hydrogen-bond donors (Lipinski definition) is 0. The summed E-state index contributed by atoms with van der Waals surface area (Å²) in [6.45, 7) is 0. The van der Waals surface area contributed by atoms with E-state index in [2.05, 4.69) is 9.98 Å². The molecule has 0 unspecified atom stereocenters. The van der Waals surface area contributed by atoms with Crippen LogP contribution in [-0.2, 0) is 0 Å². The second-order valence-electron chi connectivity index (χ2n) is 6.20. The predicted octanol–water partition coefficient (Wildman–Crippen LogP) is 5.40.